The van der Waals surface area contributed by atoms with Gasteiger partial charge in [0.15, 0.2) is 9.47 Å². The van der Waals surface area contributed by atoms with Crippen LogP contribution in [-0.2, 0) is 0 Å². The number of phenols is 1. The van der Waals surface area contributed by atoms with Crippen LogP contribution in [0.2, 0.25) is 0 Å². The largest absolute Gasteiger partial charge is 0.507 e. The summed E-state index contributed by atoms with van der Waals surface area (Å²) in [5.74, 6) is -0.428. The van der Waals surface area contributed by atoms with Gasteiger partial charge in [0, 0.05) is 0 Å². The number of aromatic nitrogens is 2. The van der Waals surface area contributed by atoms with Gasteiger partial charge in [-0.05, 0) is 30.5 Å². The van der Waals surface area contributed by atoms with Gasteiger partial charge in [0.2, 0.25) is 0 Å². The van der Waals surface area contributed by atoms with Gasteiger partial charge < -0.3 is 5.11 Å². The highest BCUT2D eigenvalue weighted by Gasteiger charge is 2.15. The molecular formula is C16H11N3O2S3. The third-order valence-electron chi connectivity index (χ3n) is 3.44. The Kier molecular flexibility index (Phi) is 3.87. The van der Waals surface area contributed by atoms with Crippen molar-refractivity contribution >= 4 is 65.9 Å². The zero-order valence-corrected chi connectivity index (χ0v) is 14.9. The number of hydrogen-bond acceptors (Lipinski definition) is 7. The summed E-state index contributed by atoms with van der Waals surface area (Å²) in [6.45, 7) is 0. The van der Waals surface area contributed by atoms with Crippen molar-refractivity contribution in [3.8, 4) is 5.75 Å². The Morgan fingerprint density at radius 2 is 1.79 bits per heavy atom. The molecule has 0 radical (unpaired) electrons. The van der Waals surface area contributed by atoms with Crippen LogP contribution < -0.4 is 5.32 Å². The average molecular weight is 373 g/mol. The number of para-hydroxylation sites is 1. The van der Waals surface area contributed by atoms with Crippen molar-refractivity contribution in [2.24, 2.45) is 0 Å². The molecule has 5 nitrogen and oxygen atoms in total. The second-order valence-corrected chi connectivity index (χ2v) is 7.99. The number of rotatable bonds is 3. The number of carbonyl (C=O) groups excluding carboxylic acids is 1. The van der Waals surface area contributed by atoms with E-state index in [0.29, 0.717) is 5.13 Å². The third kappa shape index (κ3) is 2.62. The van der Waals surface area contributed by atoms with E-state index in [2.05, 4.69) is 15.3 Å². The molecule has 0 unspecified atom stereocenters. The van der Waals surface area contributed by atoms with E-state index < -0.39 is 0 Å². The van der Waals surface area contributed by atoms with Crippen molar-refractivity contribution in [2.75, 3.05) is 11.6 Å². The monoisotopic (exact) mass is 373 g/mol. The number of anilines is 1. The standard InChI is InChI=1S/C16H11N3O2S3/c1-22-16-18-10-7-6-9-12(13(10)24-16)23-15(17-9)19-14(21)8-4-2-3-5-11(8)20/h2-7,20H,1H3,(H,17,19,21). The van der Waals surface area contributed by atoms with Crippen LogP contribution in [0, 0.1) is 0 Å². The lowest BCUT2D eigenvalue weighted by Gasteiger charge is -2.03. The zero-order chi connectivity index (χ0) is 16.7. The SMILES string of the molecule is CSc1nc2ccc3nc(NC(=O)c4ccccc4O)sc3c2s1. The van der Waals surface area contributed by atoms with Crippen LogP contribution in [0.25, 0.3) is 20.4 Å². The first-order valence-corrected chi connectivity index (χ1v) is 9.85. The summed E-state index contributed by atoms with van der Waals surface area (Å²) >= 11 is 4.66. The van der Waals surface area contributed by atoms with E-state index in [-0.39, 0.29) is 17.2 Å². The van der Waals surface area contributed by atoms with E-state index in [1.165, 1.54) is 17.4 Å². The van der Waals surface area contributed by atoms with Crippen LogP contribution in [0.4, 0.5) is 5.13 Å². The van der Waals surface area contributed by atoms with Crippen LogP contribution in [-0.4, -0.2) is 27.2 Å². The van der Waals surface area contributed by atoms with Crippen molar-refractivity contribution in [3.63, 3.8) is 0 Å². The second-order valence-electron chi connectivity index (χ2n) is 4.94. The Labute approximate surface area is 149 Å². The predicted molar refractivity (Wildman–Crippen MR) is 101 cm³/mol. The quantitative estimate of drug-likeness (QED) is 0.514. The highest BCUT2D eigenvalue weighted by Crippen LogP contribution is 2.38. The fraction of sp³-hybridized carbons (Fsp3) is 0.0625. The summed E-state index contributed by atoms with van der Waals surface area (Å²) in [4.78, 5) is 21.3. The minimum absolute atomic E-state index is 0.0504. The number of benzene rings is 2. The molecule has 4 aromatic rings. The molecule has 0 fully saturated rings. The van der Waals surface area contributed by atoms with Gasteiger partial charge >= 0.3 is 0 Å². The highest BCUT2D eigenvalue weighted by atomic mass is 32.2. The molecule has 120 valence electrons. The van der Waals surface area contributed by atoms with Crippen molar-refractivity contribution < 1.29 is 9.90 Å². The van der Waals surface area contributed by atoms with Gasteiger partial charge in [-0.25, -0.2) is 9.97 Å². The first-order chi connectivity index (χ1) is 11.7. The van der Waals surface area contributed by atoms with Crippen LogP contribution in [0.5, 0.6) is 5.75 Å². The number of thioether (sulfide) groups is 1. The Bertz CT molecular complexity index is 1070. The predicted octanol–water partition coefficient (Wildman–Crippen LogP) is 4.59. The molecule has 2 aromatic heterocycles. The first-order valence-electron chi connectivity index (χ1n) is 6.99. The average Bonchev–Trinajstić information content (AvgIpc) is 3.17. The zero-order valence-electron chi connectivity index (χ0n) is 12.4. The molecule has 2 N–H and O–H groups in total. The molecule has 0 spiro atoms. The highest BCUT2D eigenvalue weighted by molar-refractivity contribution is 8.00. The molecule has 2 heterocycles. The summed E-state index contributed by atoms with van der Waals surface area (Å²) < 4.78 is 3.10. The van der Waals surface area contributed by atoms with E-state index in [0.717, 1.165) is 24.8 Å². The van der Waals surface area contributed by atoms with Crippen LogP contribution in [0.3, 0.4) is 0 Å². The Balaban J connectivity index is 1.72. The first kappa shape index (κ1) is 15.4. The summed E-state index contributed by atoms with van der Waals surface area (Å²) in [6, 6.07) is 10.3. The maximum atomic E-state index is 12.3. The number of amides is 1. The third-order valence-corrected chi connectivity index (χ3v) is 6.64. The van der Waals surface area contributed by atoms with E-state index in [1.54, 1.807) is 41.3 Å². The Morgan fingerprint density at radius 3 is 2.54 bits per heavy atom. The minimum atomic E-state index is -0.377. The molecular weight excluding hydrogens is 362 g/mol. The van der Waals surface area contributed by atoms with E-state index in [1.807, 2.05) is 18.4 Å². The number of carbonyl (C=O) groups is 1. The van der Waals surface area contributed by atoms with Crippen LogP contribution in [0.15, 0.2) is 40.7 Å². The summed E-state index contributed by atoms with van der Waals surface area (Å²) in [6.07, 6.45) is 2.00. The van der Waals surface area contributed by atoms with Crippen molar-refractivity contribution in [1.29, 1.82) is 0 Å². The van der Waals surface area contributed by atoms with Crippen LogP contribution in [0.1, 0.15) is 10.4 Å². The normalized spacial score (nSPS) is 11.2. The maximum absolute atomic E-state index is 12.3. The van der Waals surface area contributed by atoms with Crippen molar-refractivity contribution in [2.45, 2.75) is 4.34 Å². The molecule has 2 aromatic carbocycles. The number of phenolic OH excluding ortho intramolecular Hbond substituents is 1. The number of nitrogens with zero attached hydrogens (tertiary/aromatic N) is 2. The smallest absolute Gasteiger partial charge is 0.261 e. The number of thiazole rings is 2. The minimum Gasteiger partial charge on any atom is -0.507 e. The fourth-order valence-electron chi connectivity index (χ4n) is 2.32. The number of aromatic hydroxyl groups is 1. The molecule has 0 aliphatic rings. The molecule has 0 aliphatic heterocycles. The molecule has 24 heavy (non-hydrogen) atoms. The van der Waals surface area contributed by atoms with Crippen molar-refractivity contribution in [1.82, 2.24) is 9.97 Å². The summed E-state index contributed by atoms with van der Waals surface area (Å²) in [5.41, 5.74) is 2.00. The molecule has 0 saturated heterocycles. The maximum Gasteiger partial charge on any atom is 0.261 e. The topological polar surface area (TPSA) is 75.1 Å². The Morgan fingerprint density at radius 1 is 1.08 bits per heavy atom. The van der Waals surface area contributed by atoms with Gasteiger partial charge in [0.05, 0.1) is 26.0 Å². The van der Waals surface area contributed by atoms with Gasteiger partial charge in [-0.3, -0.25) is 10.1 Å². The molecule has 0 bridgehead atoms. The summed E-state index contributed by atoms with van der Waals surface area (Å²) in [5, 5.41) is 13.0. The van der Waals surface area contributed by atoms with E-state index in [9.17, 15) is 9.90 Å². The van der Waals surface area contributed by atoms with Gasteiger partial charge in [-0.15, -0.1) is 11.3 Å². The number of hydrogen-bond donors (Lipinski definition) is 2. The molecule has 1 amide bonds. The van der Waals surface area contributed by atoms with Gasteiger partial charge in [0.1, 0.15) is 5.75 Å². The van der Waals surface area contributed by atoms with Crippen molar-refractivity contribution in [3.05, 3.63) is 42.0 Å². The summed E-state index contributed by atoms with van der Waals surface area (Å²) in [7, 11) is 0. The molecule has 4 rings (SSSR count). The number of fused-ring (bicyclic) bond motifs is 3. The van der Waals surface area contributed by atoms with E-state index >= 15 is 0 Å². The molecule has 8 heteroatoms. The lowest BCUT2D eigenvalue weighted by molar-refractivity contribution is 0.102. The second kappa shape index (κ2) is 6.04. The Hall–Kier alpha value is -2.16. The molecule has 0 atom stereocenters. The molecule has 0 saturated carbocycles. The van der Waals surface area contributed by atoms with Gasteiger partial charge in [-0.1, -0.05) is 35.2 Å². The lowest BCUT2D eigenvalue weighted by Crippen LogP contribution is -2.11. The fourth-order valence-corrected chi connectivity index (χ4v) is 4.98. The van der Waals surface area contributed by atoms with Gasteiger partial charge in [0.25, 0.3) is 5.91 Å². The van der Waals surface area contributed by atoms with Crippen LogP contribution >= 0.6 is 34.4 Å². The number of nitrogens with one attached hydrogen (secondary N) is 1. The lowest BCUT2D eigenvalue weighted by atomic mass is 10.2. The van der Waals surface area contributed by atoms with Gasteiger partial charge in [-0.2, -0.15) is 0 Å². The molecule has 0 aliphatic carbocycles. The van der Waals surface area contributed by atoms with E-state index in [4.69, 9.17) is 0 Å².